The molecule has 0 aliphatic heterocycles. The molecule has 14 heavy (non-hydrogen) atoms. The molecule has 0 spiro atoms. The summed E-state index contributed by atoms with van der Waals surface area (Å²) in [6.45, 7) is 1.58. The molecule has 1 saturated carbocycles. The molecule has 1 aromatic rings. The van der Waals surface area contributed by atoms with Crippen molar-refractivity contribution in [1.29, 1.82) is 0 Å². The Kier molecular flexibility index (Phi) is 2.31. The predicted molar refractivity (Wildman–Crippen MR) is 55.8 cm³/mol. The minimum atomic E-state index is -0.895. The van der Waals surface area contributed by atoms with Gasteiger partial charge in [-0.05, 0) is 37.3 Å². The summed E-state index contributed by atoms with van der Waals surface area (Å²) in [7, 11) is 0. The molecule has 1 aromatic carbocycles. The van der Waals surface area contributed by atoms with Crippen LogP contribution in [-0.4, -0.2) is 5.54 Å². The quantitative estimate of drug-likeness (QED) is 0.784. The molecule has 1 fully saturated rings. The van der Waals surface area contributed by atoms with Gasteiger partial charge in [-0.3, -0.25) is 0 Å². The Hall–Kier alpha value is -0.890. The standard InChI is InChI=1S/C12H16FN/c1-9(13)11-5-3-2-4-10(11)8-12(14)6-7-12/h2-5,9H,6-8,14H2,1H3. The van der Waals surface area contributed by atoms with Crippen molar-refractivity contribution in [2.45, 2.75) is 37.9 Å². The average molecular weight is 193 g/mol. The fourth-order valence-corrected chi connectivity index (χ4v) is 1.80. The number of alkyl halides is 1. The van der Waals surface area contributed by atoms with Crippen molar-refractivity contribution in [3.05, 3.63) is 35.4 Å². The second-order valence-corrected chi connectivity index (χ2v) is 4.35. The maximum Gasteiger partial charge on any atom is 0.123 e. The van der Waals surface area contributed by atoms with Gasteiger partial charge < -0.3 is 5.73 Å². The van der Waals surface area contributed by atoms with Crippen LogP contribution in [0.3, 0.4) is 0 Å². The van der Waals surface area contributed by atoms with Gasteiger partial charge in [0, 0.05) is 5.54 Å². The number of halogens is 1. The van der Waals surface area contributed by atoms with Crippen molar-refractivity contribution in [2.24, 2.45) is 5.73 Å². The highest BCUT2D eigenvalue weighted by Crippen LogP contribution is 2.37. The Bertz CT molecular complexity index is 329. The van der Waals surface area contributed by atoms with Crippen LogP contribution in [0, 0.1) is 0 Å². The summed E-state index contributed by atoms with van der Waals surface area (Å²) >= 11 is 0. The third-order valence-electron chi connectivity index (χ3n) is 2.92. The molecule has 0 aromatic heterocycles. The molecule has 1 unspecified atom stereocenters. The Morgan fingerprint density at radius 1 is 1.43 bits per heavy atom. The third kappa shape index (κ3) is 1.95. The van der Waals surface area contributed by atoms with E-state index < -0.39 is 6.17 Å². The number of hydrogen-bond acceptors (Lipinski definition) is 1. The summed E-state index contributed by atoms with van der Waals surface area (Å²) in [5.74, 6) is 0. The predicted octanol–water partition coefficient (Wildman–Crippen LogP) is 2.75. The molecule has 2 heteroatoms. The normalized spacial score (nSPS) is 20.5. The van der Waals surface area contributed by atoms with Gasteiger partial charge in [0.1, 0.15) is 6.17 Å². The maximum atomic E-state index is 13.2. The summed E-state index contributed by atoms with van der Waals surface area (Å²) < 4.78 is 13.2. The number of hydrogen-bond donors (Lipinski definition) is 1. The van der Waals surface area contributed by atoms with Crippen molar-refractivity contribution in [2.75, 3.05) is 0 Å². The van der Waals surface area contributed by atoms with Crippen molar-refractivity contribution >= 4 is 0 Å². The second kappa shape index (κ2) is 3.35. The molecule has 0 radical (unpaired) electrons. The van der Waals surface area contributed by atoms with Crippen molar-refractivity contribution in [3.63, 3.8) is 0 Å². The van der Waals surface area contributed by atoms with Crippen LogP contribution in [0.4, 0.5) is 4.39 Å². The molecule has 1 aliphatic carbocycles. The fraction of sp³-hybridized carbons (Fsp3) is 0.500. The lowest BCUT2D eigenvalue weighted by Gasteiger charge is -2.13. The Morgan fingerprint density at radius 3 is 2.64 bits per heavy atom. The van der Waals surface area contributed by atoms with Crippen LogP contribution >= 0.6 is 0 Å². The van der Waals surface area contributed by atoms with Gasteiger partial charge in [0.25, 0.3) is 0 Å². The van der Waals surface area contributed by atoms with Crippen LogP contribution in [0.15, 0.2) is 24.3 Å². The molecule has 2 rings (SSSR count). The molecule has 2 N–H and O–H groups in total. The number of benzene rings is 1. The highest BCUT2D eigenvalue weighted by Gasteiger charge is 2.38. The first-order chi connectivity index (χ1) is 6.61. The van der Waals surface area contributed by atoms with Crippen LogP contribution in [0.2, 0.25) is 0 Å². The smallest absolute Gasteiger partial charge is 0.123 e. The highest BCUT2D eigenvalue weighted by molar-refractivity contribution is 5.31. The molecule has 0 heterocycles. The summed E-state index contributed by atoms with van der Waals surface area (Å²) in [4.78, 5) is 0. The van der Waals surface area contributed by atoms with Crippen molar-refractivity contribution in [1.82, 2.24) is 0 Å². The summed E-state index contributed by atoms with van der Waals surface area (Å²) in [5, 5.41) is 0. The van der Waals surface area contributed by atoms with Crippen molar-refractivity contribution < 1.29 is 4.39 Å². The fourth-order valence-electron chi connectivity index (χ4n) is 1.80. The lowest BCUT2D eigenvalue weighted by molar-refractivity contribution is 0.371. The summed E-state index contributed by atoms with van der Waals surface area (Å²) in [6, 6.07) is 7.67. The highest BCUT2D eigenvalue weighted by atomic mass is 19.1. The van der Waals surface area contributed by atoms with Crippen LogP contribution in [0.5, 0.6) is 0 Å². The lowest BCUT2D eigenvalue weighted by Crippen LogP contribution is -2.25. The van der Waals surface area contributed by atoms with Gasteiger partial charge in [0.15, 0.2) is 0 Å². The van der Waals surface area contributed by atoms with E-state index in [4.69, 9.17) is 5.73 Å². The van der Waals surface area contributed by atoms with E-state index in [2.05, 4.69) is 0 Å². The average Bonchev–Trinajstić information content (AvgIpc) is 2.84. The zero-order chi connectivity index (χ0) is 10.2. The molecular weight excluding hydrogens is 177 g/mol. The SMILES string of the molecule is CC(F)c1ccccc1CC1(N)CC1. The minimum absolute atomic E-state index is 0.0367. The van der Waals surface area contributed by atoms with Gasteiger partial charge in [-0.2, -0.15) is 0 Å². The van der Waals surface area contributed by atoms with Gasteiger partial charge in [-0.25, -0.2) is 4.39 Å². The van der Waals surface area contributed by atoms with Crippen LogP contribution in [0.1, 0.15) is 37.1 Å². The Morgan fingerprint density at radius 2 is 2.07 bits per heavy atom. The van der Waals surface area contributed by atoms with Gasteiger partial charge in [-0.1, -0.05) is 24.3 Å². The molecule has 76 valence electrons. The topological polar surface area (TPSA) is 26.0 Å². The second-order valence-electron chi connectivity index (χ2n) is 4.35. The Balaban J connectivity index is 2.23. The van der Waals surface area contributed by atoms with Gasteiger partial charge in [0.05, 0.1) is 0 Å². The van der Waals surface area contributed by atoms with Crippen LogP contribution in [-0.2, 0) is 6.42 Å². The molecule has 1 nitrogen and oxygen atoms in total. The van der Waals surface area contributed by atoms with E-state index in [1.54, 1.807) is 6.92 Å². The van der Waals surface area contributed by atoms with E-state index >= 15 is 0 Å². The zero-order valence-corrected chi connectivity index (χ0v) is 8.46. The molecule has 0 saturated heterocycles. The molecular formula is C12H16FN. The van der Waals surface area contributed by atoms with Crippen molar-refractivity contribution in [3.8, 4) is 0 Å². The molecule has 0 amide bonds. The molecule has 1 aliphatic rings. The summed E-state index contributed by atoms with van der Waals surface area (Å²) in [6.07, 6.45) is 2.06. The molecule has 0 bridgehead atoms. The maximum absolute atomic E-state index is 13.2. The van der Waals surface area contributed by atoms with E-state index in [-0.39, 0.29) is 5.54 Å². The third-order valence-corrected chi connectivity index (χ3v) is 2.92. The van der Waals surface area contributed by atoms with E-state index in [1.165, 1.54) is 0 Å². The number of rotatable bonds is 3. The Labute approximate surface area is 84.1 Å². The first-order valence-electron chi connectivity index (χ1n) is 5.11. The largest absolute Gasteiger partial charge is 0.325 e. The van der Waals surface area contributed by atoms with Gasteiger partial charge >= 0.3 is 0 Å². The van der Waals surface area contributed by atoms with E-state index in [9.17, 15) is 4.39 Å². The van der Waals surface area contributed by atoms with Crippen LogP contribution in [0.25, 0.3) is 0 Å². The van der Waals surface area contributed by atoms with Gasteiger partial charge in [0.2, 0.25) is 0 Å². The van der Waals surface area contributed by atoms with E-state index in [0.717, 1.165) is 30.4 Å². The first-order valence-corrected chi connectivity index (χ1v) is 5.11. The van der Waals surface area contributed by atoms with Crippen LogP contribution < -0.4 is 5.73 Å². The molecule has 1 atom stereocenters. The monoisotopic (exact) mass is 193 g/mol. The van der Waals surface area contributed by atoms with E-state index in [1.807, 2.05) is 24.3 Å². The zero-order valence-electron chi connectivity index (χ0n) is 8.46. The van der Waals surface area contributed by atoms with E-state index in [0.29, 0.717) is 0 Å². The minimum Gasteiger partial charge on any atom is -0.325 e. The summed E-state index contributed by atoms with van der Waals surface area (Å²) in [5.41, 5.74) is 7.86. The first kappa shape index (κ1) is 9.66. The lowest BCUT2D eigenvalue weighted by atomic mass is 9.97. The van der Waals surface area contributed by atoms with Gasteiger partial charge in [-0.15, -0.1) is 0 Å². The number of nitrogens with two attached hydrogens (primary N) is 1.